The van der Waals surface area contributed by atoms with Crippen LogP contribution in [-0.4, -0.2) is 48.3 Å². The molecule has 1 aromatic heterocycles. The van der Waals surface area contributed by atoms with Crippen LogP contribution in [0.3, 0.4) is 0 Å². The predicted octanol–water partition coefficient (Wildman–Crippen LogP) is 4.48. The smallest absolute Gasteiger partial charge is 0.159 e. The highest BCUT2D eigenvalue weighted by Gasteiger charge is 2.24. The number of nitrogens with zero attached hydrogens (tertiary/aromatic N) is 4. The number of halogens is 1. The molecule has 1 fully saturated rings. The van der Waals surface area contributed by atoms with Gasteiger partial charge in [-0.05, 0) is 38.6 Å². The molecule has 0 amide bonds. The van der Waals surface area contributed by atoms with Crippen LogP contribution >= 0.6 is 11.6 Å². The van der Waals surface area contributed by atoms with Gasteiger partial charge in [0.1, 0.15) is 5.69 Å². The molecule has 0 N–H and O–H groups in total. The first-order chi connectivity index (χ1) is 12.6. The first-order valence-corrected chi connectivity index (χ1v) is 9.44. The standard InChI is InChI=1S/C21H23ClN4/c1-25-13-5-6-17(14-25)26(2)21-19-8-4-3-7-18(19)20(23-24-21)15-9-11-16(22)12-10-15/h3-4,7-12,17H,5-6,13-14H2,1-2H3. The van der Waals surface area contributed by atoms with E-state index in [9.17, 15) is 0 Å². The molecule has 0 bridgehead atoms. The van der Waals surface area contributed by atoms with Gasteiger partial charge in [-0.2, -0.15) is 0 Å². The topological polar surface area (TPSA) is 32.3 Å². The lowest BCUT2D eigenvalue weighted by molar-refractivity contribution is 0.247. The first kappa shape index (κ1) is 17.3. The summed E-state index contributed by atoms with van der Waals surface area (Å²) in [6.07, 6.45) is 2.41. The molecule has 1 aliphatic rings. The van der Waals surface area contributed by atoms with Crippen molar-refractivity contribution in [3.05, 3.63) is 53.6 Å². The van der Waals surface area contributed by atoms with Crippen LogP contribution in [0, 0.1) is 0 Å². The summed E-state index contributed by atoms with van der Waals surface area (Å²) in [6.45, 7) is 2.23. The molecule has 5 heteroatoms. The zero-order valence-corrected chi connectivity index (χ0v) is 15.9. The Morgan fingerprint density at radius 1 is 1.04 bits per heavy atom. The second-order valence-corrected chi connectivity index (χ2v) is 7.53. The third kappa shape index (κ3) is 3.27. The molecule has 0 saturated carbocycles. The maximum absolute atomic E-state index is 6.04. The first-order valence-electron chi connectivity index (χ1n) is 9.06. The van der Waals surface area contributed by atoms with Crippen LogP contribution < -0.4 is 4.90 Å². The van der Waals surface area contributed by atoms with Gasteiger partial charge in [0.15, 0.2) is 5.82 Å². The summed E-state index contributed by atoms with van der Waals surface area (Å²) in [4.78, 5) is 4.69. The quantitative estimate of drug-likeness (QED) is 0.684. The molecule has 3 aromatic rings. The van der Waals surface area contributed by atoms with E-state index in [-0.39, 0.29) is 0 Å². The molecule has 2 heterocycles. The van der Waals surface area contributed by atoms with Gasteiger partial charge in [0, 0.05) is 41.0 Å². The van der Waals surface area contributed by atoms with Crippen molar-refractivity contribution < 1.29 is 0 Å². The number of fused-ring (bicyclic) bond motifs is 1. The Kier molecular flexibility index (Phi) is 4.79. The van der Waals surface area contributed by atoms with Crippen molar-refractivity contribution in [3.63, 3.8) is 0 Å². The molecule has 0 radical (unpaired) electrons. The lowest BCUT2D eigenvalue weighted by atomic mass is 10.0. The van der Waals surface area contributed by atoms with Crippen molar-refractivity contribution in [2.75, 3.05) is 32.1 Å². The third-order valence-electron chi connectivity index (χ3n) is 5.27. The van der Waals surface area contributed by atoms with Crippen LogP contribution in [-0.2, 0) is 0 Å². The van der Waals surface area contributed by atoms with E-state index in [0.717, 1.165) is 39.4 Å². The summed E-state index contributed by atoms with van der Waals surface area (Å²) in [6, 6.07) is 16.6. The second kappa shape index (κ2) is 7.22. The van der Waals surface area contributed by atoms with Gasteiger partial charge in [-0.15, -0.1) is 10.2 Å². The Bertz CT molecular complexity index is 910. The fourth-order valence-electron chi connectivity index (χ4n) is 3.80. The zero-order chi connectivity index (χ0) is 18.1. The lowest BCUT2D eigenvalue weighted by Crippen LogP contribution is -2.45. The Labute approximate surface area is 159 Å². The molecule has 2 aromatic carbocycles. The zero-order valence-electron chi connectivity index (χ0n) is 15.2. The van der Waals surface area contributed by atoms with E-state index in [1.165, 1.54) is 19.4 Å². The largest absolute Gasteiger partial charge is 0.353 e. The van der Waals surface area contributed by atoms with Crippen molar-refractivity contribution >= 4 is 28.2 Å². The summed E-state index contributed by atoms with van der Waals surface area (Å²) >= 11 is 6.04. The summed E-state index contributed by atoms with van der Waals surface area (Å²) in [5.74, 6) is 0.957. The van der Waals surface area contributed by atoms with Crippen LogP contribution in [0.15, 0.2) is 48.5 Å². The van der Waals surface area contributed by atoms with Crippen LogP contribution in [0.4, 0.5) is 5.82 Å². The fraction of sp³-hybridized carbons (Fsp3) is 0.333. The van der Waals surface area contributed by atoms with E-state index in [1.807, 2.05) is 24.3 Å². The third-order valence-corrected chi connectivity index (χ3v) is 5.52. The van der Waals surface area contributed by atoms with Crippen molar-refractivity contribution in [1.29, 1.82) is 0 Å². The van der Waals surface area contributed by atoms with Gasteiger partial charge in [-0.3, -0.25) is 0 Å². The summed E-state index contributed by atoms with van der Waals surface area (Å²) in [7, 11) is 4.33. The van der Waals surface area contributed by atoms with Gasteiger partial charge in [0.2, 0.25) is 0 Å². The van der Waals surface area contributed by atoms with Gasteiger partial charge in [0.05, 0.1) is 0 Å². The number of benzene rings is 2. The average Bonchev–Trinajstić information content (AvgIpc) is 2.67. The Hall–Kier alpha value is -2.17. The highest BCUT2D eigenvalue weighted by atomic mass is 35.5. The van der Waals surface area contributed by atoms with Gasteiger partial charge >= 0.3 is 0 Å². The Morgan fingerprint density at radius 3 is 2.50 bits per heavy atom. The number of hydrogen-bond acceptors (Lipinski definition) is 4. The summed E-state index contributed by atoms with van der Waals surface area (Å²) in [5, 5.41) is 12.2. The van der Waals surface area contributed by atoms with Crippen LogP contribution in [0.1, 0.15) is 12.8 Å². The van der Waals surface area contributed by atoms with Crippen LogP contribution in [0.25, 0.3) is 22.0 Å². The van der Waals surface area contributed by atoms with Gasteiger partial charge < -0.3 is 9.80 Å². The van der Waals surface area contributed by atoms with E-state index < -0.39 is 0 Å². The normalized spacial score (nSPS) is 18.2. The summed E-state index contributed by atoms with van der Waals surface area (Å²) < 4.78 is 0. The minimum atomic E-state index is 0.466. The van der Waals surface area contributed by atoms with E-state index >= 15 is 0 Å². The number of hydrogen-bond donors (Lipinski definition) is 0. The number of likely N-dealkylation sites (N-methyl/N-ethyl adjacent to an activating group) is 2. The van der Waals surface area contributed by atoms with Crippen molar-refractivity contribution in [1.82, 2.24) is 15.1 Å². The molecule has 26 heavy (non-hydrogen) atoms. The average molecular weight is 367 g/mol. The number of likely N-dealkylation sites (tertiary alicyclic amines) is 1. The van der Waals surface area contributed by atoms with Crippen molar-refractivity contribution in [2.24, 2.45) is 0 Å². The maximum atomic E-state index is 6.04. The number of rotatable bonds is 3. The molecule has 4 rings (SSSR count). The SMILES string of the molecule is CN1CCCC(N(C)c2nnc(-c3ccc(Cl)cc3)c3ccccc23)C1. The number of anilines is 1. The second-order valence-electron chi connectivity index (χ2n) is 7.09. The van der Waals surface area contributed by atoms with E-state index in [2.05, 4.69) is 58.4 Å². The van der Waals surface area contributed by atoms with Gasteiger partial charge in [-0.1, -0.05) is 48.0 Å². The monoisotopic (exact) mass is 366 g/mol. The highest BCUT2D eigenvalue weighted by Crippen LogP contribution is 2.32. The molecule has 134 valence electrons. The Morgan fingerprint density at radius 2 is 1.77 bits per heavy atom. The molecular formula is C21H23ClN4. The molecular weight excluding hydrogens is 344 g/mol. The van der Waals surface area contributed by atoms with Crippen molar-refractivity contribution in [2.45, 2.75) is 18.9 Å². The van der Waals surface area contributed by atoms with Gasteiger partial charge in [-0.25, -0.2) is 0 Å². The molecule has 1 atom stereocenters. The minimum absolute atomic E-state index is 0.466. The highest BCUT2D eigenvalue weighted by molar-refractivity contribution is 6.30. The lowest BCUT2D eigenvalue weighted by Gasteiger charge is -2.36. The van der Waals surface area contributed by atoms with Gasteiger partial charge in [0.25, 0.3) is 0 Å². The van der Waals surface area contributed by atoms with E-state index in [4.69, 9.17) is 11.6 Å². The number of piperidine rings is 1. The van der Waals surface area contributed by atoms with Crippen LogP contribution in [0.5, 0.6) is 0 Å². The van der Waals surface area contributed by atoms with E-state index in [1.54, 1.807) is 0 Å². The van der Waals surface area contributed by atoms with Crippen LogP contribution in [0.2, 0.25) is 5.02 Å². The Balaban J connectivity index is 1.78. The molecule has 0 spiro atoms. The molecule has 0 aliphatic carbocycles. The van der Waals surface area contributed by atoms with Crippen molar-refractivity contribution in [3.8, 4) is 11.3 Å². The maximum Gasteiger partial charge on any atom is 0.159 e. The van der Waals surface area contributed by atoms with E-state index in [0.29, 0.717) is 6.04 Å². The molecule has 4 nitrogen and oxygen atoms in total. The molecule has 1 saturated heterocycles. The predicted molar refractivity (Wildman–Crippen MR) is 109 cm³/mol. The molecule has 1 unspecified atom stereocenters. The number of aromatic nitrogens is 2. The minimum Gasteiger partial charge on any atom is -0.353 e. The fourth-order valence-corrected chi connectivity index (χ4v) is 3.93. The summed E-state index contributed by atoms with van der Waals surface area (Å²) in [5.41, 5.74) is 1.93. The molecule has 1 aliphatic heterocycles.